The van der Waals surface area contributed by atoms with Crippen molar-refractivity contribution < 1.29 is 33.8 Å². The molecular formula is C34H48O7. The van der Waals surface area contributed by atoms with Gasteiger partial charge in [0.05, 0.1) is 0 Å². The van der Waals surface area contributed by atoms with E-state index in [0.717, 1.165) is 32.1 Å². The average molecular weight is 569 g/mol. The van der Waals surface area contributed by atoms with Gasteiger partial charge in [0, 0.05) is 44.1 Å². The van der Waals surface area contributed by atoms with Crippen LogP contribution in [-0.2, 0) is 28.7 Å². The van der Waals surface area contributed by atoms with Crippen molar-refractivity contribution in [3.63, 3.8) is 0 Å². The molecule has 41 heavy (non-hydrogen) atoms. The highest BCUT2D eigenvalue weighted by Gasteiger charge is 2.81. The van der Waals surface area contributed by atoms with Crippen molar-refractivity contribution in [2.24, 2.45) is 57.2 Å². The second-order valence-electron chi connectivity index (χ2n) is 14.7. The molecule has 0 radical (unpaired) electrons. The Hall–Kier alpha value is -2.28. The summed E-state index contributed by atoms with van der Waals surface area (Å²) in [5, 5.41) is 9.69. The second-order valence-corrected chi connectivity index (χ2v) is 14.7. The maximum Gasteiger partial charge on any atom is 0.303 e. The summed E-state index contributed by atoms with van der Waals surface area (Å²) >= 11 is 0. The molecule has 4 saturated carbocycles. The molecule has 12 atom stereocenters. The molecule has 0 aromatic heterocycles. The first-order valence-corrected chi connectivity index (χ1v) is 15.5. The Balaban J connectivity index is 1.54. The minimum Gasteiger partial charge on any atom is -0.462 e. The van der Waals surface area contributed by atoms with E-state index in [1.807, 2.05) is 13.0 Å². The van der Waals surface area contributed by atoms with E-state index >= 15 is 0 Å². The normalized spacial score (nSPS) is 44.3. The zero-order chi connectivity index (χ0) is 30.3. The second kappa shape index (κ2) is 9.89. The fourth-order valence-corrected chi connectivity index (χ4v) is 10.9. The summed E-state index contributed by atoms with van der Waals surface area (Å²) in [6.07, 6.45) is 8.38. The van der Waals surface area contributed by atoms with Crippen LogP contribution in [0.5, 0.6) is 0 Å². The van der Waals surface area contributed by atoms with E-state index < -0.39 is 30.0 Å². The van der Waals surface area contributed by atoms with Gasteiger partial charge in [-0.3, -0.25) is 19.2 Å². The van der Waals surface area contributed by atoms with Gasteiger partial charge in [-0.15, -0.1) is 0 Å². The zero-order valence-electron chi connectivity index (χ0n) is 25.8. The summed E-state index contributed by atoms with van der Waals surface area (Å²) in [4.78, 5) is 51.1. The van der Waals surface area contributed by atoms with Crippen LogP contribution in [0.3, 0.4) is 0 Å². The van der Waals surface area contributed by atoms with Crippen molar-refractivity contribution in [1.82, 2.24) is 0 Å². The van der Waals surface area contributed by atoms with Crippen molar-refractivity contribution >= 4 is 23.5 Å². The molecule has 0 aromatic carbocycles. The van der Waals surface area contributed by atoms with Gasteiger partial charge >= 0.3 is 11.9 Å². The third-order valence-corrected chi connectivity index (χ3v) is 13.1. The molecule has 0 aliphatic heterocycles. The van der Waals surface area contributed by atoms with Crippen molar-refractivity contribution in [3.05, 3.63) is 24.3 Å². The molecule has 0 bridgehead atoms. The standard InChI is InChI=1S/C34H48O7/c1-18(16-35)19(2)29(39)30(41-23(6)37)21(4)28-26(40-22(5)36)15-32(8)27-10-9-24-20(3)25(38)11-12-33(24)17-34(27,33)14-13-31(28,32)7/h11-12,18,20-21,24,26-28,30,35H,2,9-10,13-17H2,1,3-8H3/t18-,20-,21-,24-,26-,27-,28-,30+,31+,32-,33+,34+/m1/s1. The molecule has 2 spiro atoms. The largest absolute Gasteiger partial charge is 0.462 e. The number of allylic oxidation sites excluding steroid dienone is 2. The first-order valence-electron chi connectivity index (χ1n) is 15.5. The Kier molecular flexibility index (Phi) is 7.28. The number of ether oxygens (including phenoxy) is 2. The number of hydrogen-bond donors (Lipinski definition) is 1. The van der Waals surface area contributed by atoms with Gasteiger partial charge in [0.2, 0.25) is 0 Å². The van der Waals surface area contributed by atoms with Crippen LogP contribution >= 0.6 is 0 Å². The number of rotatable bonds is 8. The molecule has 5 aliphatic carbocycles. The third-order valence-electron chi connectivity index (χ3n) is 13.1. The molecule has 0 saturated heterocycles. The summed E-state index contributed by atoms with van der Waals surface area (Å²) in [5.74, 6) is -1.31. The van der Waals surface area contributed by atoms with Crippen molar-refractivity contribution in [3.8, 4) is 0 Å². The summed E-state index contributed by atoms with van der Waals surface area (Å²) in [5.41, 5.74) is -0.000337. The van der Waals surface area contributed by atoms with Crippen LogP contribution in [0, 0.1) is 57.2 Å². The maximum absolute atomic E-state index is 13.7. The Morgan fingerprint density at radius 3 is 2.39 bits per heavy atom. The Bertz CT molecular complexity index is 1200. The first-order chi connectivity index (χ1) is 19.1. The van der Waals surface area contributed by atoms with Gasteiger partial charge < -0.3 is 14.6 Å². The Morgan fingerprint density at radius 1 is 1.10 bits per heavy atom. The number of aliphatic hydroxyl groups excluding tert-OH is 1. The van der Waals surface area contributed by atoms with Crippen LogP contribution in [0.2, 0.25) is 0 Å². The number of Topliss-reactive ketones (excluding diaryl/α,β-unsaturated/α-hetero) is 1. The van der Waals surface area contributed by atoms with Crippen LogP contribution in [-0.4, -0.2) is 47.4 Å². The van der Waals surface area contributed by atoms with Crippen LogP contribution in [0.4, 0.5) is 0 Å². The number of carbonyl (C=O) groups excluding carboxylic acids is 4. The van der Waals surface area contributed by atoms with Gasteiger partial charge in [-0.25, -0.2) is 0 Å². The monoisotopic (exact) mass is 568 g/mol. The maximum atomic E-state index is 13.7. The number of esters is 2. The van der Waals surface area contributed by atoms with Crippen LogP contribution in [0.1, 0.15) is 87.0 Å². The molecule has 1 N–H and O–H groups in total. The lowest BCUT2D eigenvalue weighted by Gasteiger charge is -2.61. The Morgan fingerprint density at radius 2 is 1.78 bits per heavy atom. The summed E-state index contributed by atoms with van der Waals surface area (Å²) in [6.45, 7) is 16.9. The van der Waals surface area contributed by atoms with Gasteiger partial charge in [-0.2, -0.15) is 0 Å². The molecule has 5 aliphatic rings. The minimum absolute atomic E-state index is 0.0523. The van der Waals surface area contributed by atoms with Gasteiger partial charge in [0.15, 0.2) is 17.7 Å². The predicted molar refractivity (Wildman–Crippen MR) is 153 cm³/mol. The molecule has 5 rings (SSSR count). The van der Waals surface area contributed by atoms with E-state index in [-0.39, 0.29) is 63.2 Å². The summed E-state index contributed by atoms with van der Waals surface area (Å²) in [6, 6.07) is 0. The number of carbonyl (C=O) groups is 4. The third kappa shape index (κ3) is 4.07. The number of aliphatic hydroxyl groups is 1. The quantitative estimate of drug-likeness (QED) is 0.315. The van der Waals surface area contributed by atoms with Crippen LogP contribution < -0.4 is 0 Å². The lowest BCUT2D eigenvalue weighted by Crippen LogP contribution is -2.56. The molecular weight excluding hydrogens is 520 g/mol. The van der Waals surface area contributed by atoms with Gasteiger partial charge in [-0.1, -0.05) is 47.3 Å². The van der Waals surface area contributed by atoms with E-state index in [4.69, 9.17) is 9.47 Å². The Labute approximate surface area is 244 Å². The topological polar surface area (TPSA) is 107 Å². The van der Waals surface area contributed by atoms with Gasteiger partial charge in [0.25, 0.3) is 0 Å². The fraction of sp³-hybridized carbons (Fsp3) is 0.765. The van der Waals surface area contributed by atoms with Crippen molar-refractivity contribution in [1.29, 1.82) is 0 Å². The molecule has 0 aromatic rings. The van der Waals surface area contributed by atoms with E-state index in [1.165, 1.54) is 13.8 Å². The molecule has 7 heteroatoms. The average Bonchev–Trinajstić information content (AvgIpc) is 3.52. The van der Waals surface area contributed by atoms with Crippen LogP contribution in [0.15, 0.2) is 24.3 Å². The molecule has 226 valence electrons. The number of fused-ring (bicyclic) bond motifs is 2. The highest BCUT2D eigenvalue weighted by Crippen LogP contribution is 2.87. The van der Waals surface area contributed by atoms with Crippen molar-refractivity contribution in [2.45, 2.75) is 99.2 Å². The van der Waals surface area contributed by atoms with Gasteiger partial charge in [-0.05, 0) is 83.7 Å². The highest BCUT2D eigenvalue weighted by atomic mass is 16.6. The molecule has 0 unspecified atom stereocenters. The lowest BCUT2D eigenvalue weighted by atomic mass is 9.43. The molecule has 0 heterocycles. The fourth-order valence-electron chi connectivity index (χ4n) is 10.9. The van der Waals surface area contributed by atoms with E-state index in [2.05, 4.69) is 33.4 Å². The van der Waals surface area contributed by atoms with Crippen molar-refractivity contribution in [2.75, 3.05) is 6.61 Å². The number of ketones is 2. The van der Waals surface area contributed by atoms with E-state index in [9.17, 15) is 24.3 Å². The molecule has 7 nitrogen and oxygen atoms in total. The lowest BCUT2D eigenvalue weighted by molar-refractivity contribution is -0.166. The SMILES string of the molecule is C=C(C(=O)[C@@H](OC(C)=O)[C@H](C)[C@@H]1[C@H](OC(C)=O)C[C@]2(C)[C@H]3CC[C@@H]4[C@@H](C)C(=O)C=C[C@]45C[C@@]35CC[C@@]12C)[C@H](C)CO. The van der Waals surface area contributed by atoms with Gasteiger partial charge in [0.1, 0.15) is 6.10 Å². The first kappa shape index (κ1) is 30.2. The zero-order valence-corrected chi connectivity index (χ0v) is 25.8. The minimum atomic E-state index is -1.08. The summed E-state index contributed by atoms with van der Waals surface area (Å²) < 4.78 is 11.8. The van der Waals surface area contributed by atoms with E-state index in [1.54, 1.807) is 6.92 Å². The number of hydrogen-bond acceptors (Lipinski definition) is 7. The summed E-state index contributed by atoms with van der Waals surface area (Å²) in [7, 11) is 0. The van der Waals surface area contributed by atoms with E-state index in [0.29, 0.717) is 18.3 Å². The smallest absolute Gasteiger partial charge is 0.303 e. The molecule has 4 fully saturated rings. The van der Waals surface area contributed by atoms with Crippen LogP contribution in [0.25, 0.3) is 0 Å². The highest BCUT2D eigenvalue weighted by molar-refractivity contribution is 5.99. The predicted octanol–water partition coefficient (Wildman–Crippen LogP) is 5.24. The molecule has 0 amide bonds.